The number of carbonyl (C=O) groups is 1. The Bertz CT molecular complexity index is 962. The highest BCUT2D eigenvalue weighted by molar-refractivity contribution is 7.93. The van der Waals surface area contributed by atoms with Crippen LogP contribution < -0.4 is 9.62 Å². The Morgan fingerprint density at radius 2 is 2.04 bits per heavy atom. The van der Waals surface area contributed by atoms with Gasteiger partial charge in [-0.2, -0.15) is 0 Å². The molecule has 0 aliphatic carbocycles. The van der Waals surface area contributed by atoms with E-state index in [0.29, 0.717) is 25.3 Å². The molecule has 144 valence electrons. The van der Waals surface area contributed by atoms with Crippen LogP contribution in [0.1, 0.15) is 22.8 Å². The number of hydrogen-bond donors (Lipinski definition) is 1. The SMILES string of the molecule is COC[C@H](C)NC(=O)c1ccc(Cl)c(S(=O)(=O)N2CCc3ccccc32)c1. The van der Waals surface area contributed by atoms with E-state index < -0.39 is 10.0 Å². The summed E-state index contributed by atoms with van der Waals surface area (Å²) in [5.41, 5.74) is 1.85. The van der Waals surface area contributed by atoms with Crippen molar-refractivity contribution in [3.05, 3.63) is 58.6 Å². The molecule has 0 spiro atoms. The fourth-order valence-electron chi connectivity index (χ4n) is 3.12. The van der Waals surface area contributed by atoms with Gasteiger partial charge in [-0.15, -0.1) is 0 Å². The largest absolute Gasteiger partial charge is 0.383 e. The molecule has 2 aromatic rings. The number of rotatable bonds is 6. The lowest BCUT2D eigenvalue weighted by molar-refractivity contribution is 0.0905. The summed E-state index contributed by atoms with van der Waals surface area (Å²) in [6.45, 7) is 2.50. The Morgan fingerprint density at radius 3 is 2.78 bits per heavy atom. The number of carbonyl (C=O) groups excluding carboxylic acids is 1. The first-order valence-electron chi connectivity index (χ1n) is 8.54. The molecule has 1 N–H and O–H groups in total. The molecule has 0 saturated carbocycles. The van der Waals surface area contributed by atoms with Crippen LogP contribution >= 0.6 is 11.6 Å². The molecule has 0 saturated heterocycles. The fraction of sp³-hybridized carbons (Fsp3) is 0.316. The third-order valence-corrected chi connectivity index (χ3v) is 6.69. The van der Waals surface area contributed by atoms with Gasteiger partial charge >= 0.3 is 0 Å². The van der Waals surface area contributed by atoms with Crippen LogP contribution in [-0.4, -0.2) is 40.6 Å². The van der Waals surface area contributed by atoms with Crippen molar-refractivity contribution in [2.24, 2.45) is 0 Å². The molecule has 0 fully saturated rings. The lowest BCUT2D eigenvalue weighted by Gasteiger charge is -2.21. The standard InChI is InChI=1S/C19H21ClN2O4S/c1-13(12-26-2)21-19(23)15-7-8-16(20)18(11-15)27(24,25)22-10-9-14-5-3-4-6-17(14)22/h3-8,11,13H,9-10,12H2,1-2H3,(H,21,23)/t13-/m0/s1. The molecule has 0 unspecified atom stereocenters. The van der Waals surface area contributed by atoms with Gasteiger partial charge in [0, 0.05) is 25.3 Å². The molecule has 1 heterocycles. The minimum absolute atomic E-state index is 0.0760. The minimum atomic E-state index is -3.88. The fourth-order valence-corrected chi connectivity index (χ4v) is 5.12. The zero-order valence-electron chi connectivity index (χ0n) is 15.1. The smallest absolute Gasteiger partial charge is 0.265 e. The van der Waals surface area contributed by atoms with Crippen LogP contribution in [0.3, 0.4) is 0 Å². The molecule has 27 heavy (non-hydrogen) atoms. The van der Waals surface area contributed by atoms with Crippen molar-refractivity contribution < 1.29 is 17.9 Å². The molecule has 0 aromatic heterocycles. The van der Waals surface area contributed by atoms with Gasteiger partial charge in [0.25, 0.3) is 15.9 Å². The van der Waals surface area contributed by atoms with Gasteiger partial charge in [-0.1, -0.05) is 29.8 Å². The van der Waals surface area contributed by atoms with Crippen LogP contribution in [0.5, 0.6) is 0 Å². The number of nitrogens with zero attached hydrogens (tertiary/aromatic N) is 1. The number of hydrogen-bond acceptors (Lipinski definition) is 4. The first-order chi connectivity index (χ1) is 12.8. The third-order valence-electron chi connectivity index (χ3n) is 4.40. The highest BCUT2D eigenvalue weighted by Crippen LogP contribution is 2.35. The highest BCUT2D eigenvalue weighted by Gasteiger charge is 2.32. The van der Waals surface area contributed by atoms with Gasteiger partial charge in [-0.3, -0.25) is 9.10 Å². The van der Waals surface area contributed by atoms with Crippen LogP contribution in [0.15, 0.2) is 47.4 Å². The molecule has 1 atom stereocenters. The van der Waals surface area contributed by atoms with E-state index in [4.69, 9.17) is 16.3 Å². The first-order valence-corrected chi connectivity index (χ1v) is 10.4. The van der Waals surface area contributed by atoms with Crippen LogP contribution in [0.2, 0.25) is 5.02 Å². The summed E-state index contributed by atoms with van der Waals surface area (Å²) >= 11 is 6.19. The second-order valence-electron chi connectivity index (χ2n) is 6.43. The van der Waals surface area contributed by atoms with Crippen molar-refractivity contribution in [2.45, 2.75) is 24.3 Å². The van der Waals surface area contributed by atoms with Crippen LogP contribution in [0, 0.1) is 0 Å². The molecule has 2 aromatic carbocycles. The van der Waals surface area contributed by atoms with Gasteiger partial charge < -0.3 is 10.1 Å². The molecular weight excluding hydrogens is 388 g/mol. The van der Waals surface area contributed by atoms with E-state index in [-0.39, 0.29) is 27.4 Å². The normalized spacial score (nSPS) is 14.7. The quantitative estimate of drug-likeness (QED) is 0.797. The van der Waals surface area contributed by atoms with E-state index in [9.17, 15) is 13.2 Å². The first kappa shape index (κ1) is 19.7. The summed E-state index contributed by atoms with van der Waals surface area (Å²) in [6.07, 6.45) is 0.641. The number of methoxy groups -OCH3 is 1. The monoisotopic (exact) mass is 408 g/mol. The number of benzene rings is 2. The number of ether oxygens (including phenoxy) is 1. The van der Waals surface area contributed by atoms with Gasteiger partial charge in [0.2, 0.25) is 0 Å². The summed E-state index contributed by atoms with van der Waals surface area (Å²) in [7, 11) is -2.34. The minimum Gasteiger partial charge on any atom is -0.383 e. The average molecular weight is 409 g/mol. The van der Waals surface area contributed by atoms with Crippen molar-refractivity contribution >= 4 is 33.2 Å². The number of para-hydroxylation sites is 1. The lowest BCUT2D eigenvalue weighted by atomic mass is 10.2. The second kappa shape index (κ2) is 7.88. The number of anilines is 1. The van der Waals surface area contributed by atoms with E-state index >= 15 is 0 Å². The zero-order chi connectivity index (χ0) is 19.6. The molecule has 6 nitrogen and oxygen atoms in total. The van der Waals surface area contributed by atoms with Crippen molar-refractivity contribution in [2.75, 3.05) is 24.6 Å². The van der Waals surface area contributed by atoms with Crippen LogP contribution in [-0.2, 0) is 21.2 Å². The van der Waals surface area contributed by atoms with Crippen molar-refractivity contribution in [3.63, 3.8) is 0 Å². The molecule has 3 rings (SSSR count). The van der Waals surface area contributed by atoms with Crippen molar-refractivity contribution in [3.8, 4) is 0 Å². The number of amides is 1. The highest BCUT2D eigenvalue weighted by atomic mass is 35.5. The maximum absolute atomic E-state index is 13.2. The summed E-state index contributed by atoms with van der Waals surface area (Å²) in [5, 5.41) is 2.85. The lowest BCUT2D eigenvalue weighted by Crippen LogP contribution is -2.36. The Balaban J connectivity index is 1.94. The molecule has 1 aliphatic heterocycles. The zero-order valence-corrected chi connectivity index (χ0v) is 16.7. The summed E-state index contributed by atoms with van der Waals surface area (Å²) < 4.78 is 32.8. The molecule has 8 heteroatoms. The van der Waals surface area contributed by atoms with Gasteiger partial charge in [0.15, 0.2) is 0 Å². The van der Waals surface area contributed by atoms with Gasteiger partial charge in [-0.25, -0.2) is 8.42 Å². The average Bonchev–Trinajstić information content (AvgIpc) is 3.07. The van der Waals surface area contributed by atoms with Crippen molar-refractivity contribution in [1.29, 1.82) is 0 Å². The topological polar surface area (TPSA) is 75.7 Å². The van der Waals surface area contributed by atoms with E-state index in [1.54, 1.807) is 26.2 Å². The number of halogens is 1. The van der Waals surface area contributed by atoms with E-state index in [1.165, 1.54) is 22.5 Å². The second-order valence-corrected chi connectivity index (χ2v) is 8.67. The predicted octanol–water partition coefficient (Wildman–Crippen LogP) is 2.86. The van der Waals surface area contributed by atoms with E-state index in [0.717, 1.165) is 5.56 Å². The third kappa shape index (κ3) is 3.95. The van der Waals surface area contributed by atoms with E-state index in [1.807, 2.05) is 12.1 Å². The maximum Gasteiger partial charge on any atom is 0.265 e. The maximum atomic E-state index is 13.2. The molecular formula is C19H21ClN2O4S. The number of sulfonamides is 1. The Labute approximate surface area is 164 Å². The molecule has 0 radical (unpaired) electrons. The van der Waals surface area contributed by atoms with Crippen LogP contribution in [0.4, 0.5) is 5.69 Å². The Morgan fingerprint density at radius 1 is 1.30 bits per heavy atom. The van der Waals surface area contributed by atoms with Gasteiger partial charge in [0.05, 0.1) is 17.3 Å². The summed E-state index contributed by atoms with van der Waals surface area (Å²) in [4.78, 5) is 12.3. The van der Waals surface area contributed by atoms with Gasteiger partial charge in [0.1, 0.15) is 4.90 Å². The van der Waals surface area contributed by atoms with Crippen LogP contribution in [0.25, 0.3) is 0 Å². The Hall–Kier alpha value is -2.09. The number of nitrogens with one attached hydrogen (secondary N) is 1. The Kier molecular flexibility index (Phi) is 5.74. The number of fused-ring (bicyclic) bond motifs is 1. The predicted molar refractivity (Wildman–Crippen MR) is 105 cm³/mol. The summed E-state index contributed by atoms with van der Waals surface area (Å²) in [5.74, 6) is -0.380. The molecule has 1 aliphatic rings. The molecule has 0 bridgehead atoms. The molecule has 1 amide bonds. The van der Waals surface area contributed by atoms with E-state index in [2.05, 4.69) is 5.32 Å². The van der Waals surface area contributed by atoms with Crippen molar-refractivity contribution in [1.82, 2.24) is 5.32 Å². The summed E-state index contributed by atoms with van der Waals surface area (Å²) in [6, 6.07) is 11.4. The van der Waals surface area contributed by atoms with Gasteiger partial charge in [-0.05, 0) is 43.2 Å².